The SMILES string of the molecule is c1cc(-c2nc(-n3c4ccccc4c4ccccc43)cc(-n3c4ccccc4c4ccccc43)n2)cc(-n2c3ccccc3c3ccccc32)c1. The van der Waals surface area contributed by atoms with Crippen LogP contribution in [0.3, 0.4) is 0 Å². The predicted molar refractivity (Wildman–Crippen MR) is 210 cm³/mol. The largest absolute Gasteiger partial charge is 0.309 e. The first kappa shape index (κ1) is 27.9. The standard InChI is InChI=1S/C46H29N5/c1-7-22-38-32(16-1)33-17-2-8-23-39(33)49(38)31-15-13-14-30(28-31)46-47-44(50-40-24-9-3-18-34(40)35-19-4-10-25-41(35)50)29-45(48-46)51-42-26-11-5-20-36(42)37-21-6-12-27-43(37)51/h1-29H. The van der Waals surface area contributed by atoms with E-state index < -0.39 is 0 Å². The van der Waals surface area contributed by atoms with Crippen LogP contribution in [0.5, 0.6) is 0 Å². The van der Waals surface area contributed by atoms with Crippen molar-refractivity contribution in [1.82, 2.24) is 23.7 Å². The molecule has 0 amide bonds. The fourth-order valence-electron chi connectivity index (χ4n) is 8.10. The molecule has 0 unspecified atom stereocenters. The highest BCUT2D eigenvalue weighted by atomic mass is 15.1. The molecule has 5 heteroatoms. The van der Waals surface area contributed by atoms with E-state index in [0.717, 1.165) is 45.0 Å². The van der Waals surface area contributed by atoms with Gasteiger partial charge in [0.15, 0.2) is 5.82 Å². The van der Waals surface area contributed by atoms with Crippen LogP contribution in [0, 0.1) is 0 Å². The molecule has 0 aliphatic heterocycles. The Balaban J connectivity index is 1.22. The molecule has 0 saturated carbocycles. The van der Waals surface area contributed by atoms with Crippen LogP contribution in [0.4, 0.5) is 0 Å². The van der Waals surface area contributed by atoms with Gasteiger partial charge in [-0.25, -0.2) is 9.97 Å². The maximum Gasteiger partial charge on any atom is 0.163 e. The highest BCUT2D eigenvalue weighted by molar-refractivity contribution is 6.11. The second-order valence-corrected chi connectivity index (χ2v) is 13.1. The maximum absolute atomic E-state index is 5.39. The van der Waals surface area contributed by atoms with E-state index in [1.54, 1.807) is 0 Å². The lowest BCUT2D eigenvalue weighted by Crippen LogP contribution is -2.06. The Morgan fingerprint density at radius 2 is 0.627 bits per heavy atom. The van der Waals surface area contributed by atoms with Gasteiger partial charge in [-0.15, -0.1) is 0 Å². The lowest BCUT2D eigenvalue weighted by Gasteiger charge is -2.15. The Morgan fingerprint density at radius 3 is 1.00 bits per heavy atom. The van der Waals surface area contributed by atoms with Gasteiger partial charge in [0.1, 0.15) is 11.6 Å². The molecule has 7 aromatic carbocycles. The molecule has 4 heterocycles. The van der Waals surface area contributed by atoms with E-state index in [9.17, 15) is 0 Å². The molecule has 0 saturated heterocycles. The zero-order chi connectivity index (χ0) is 33.5. The third-order valence-electron chi connectivity index (χ3n) is 10.3. The smallest absolute Gasteiger partial charge is 0.163 e. The summed E-state index contributed by atoms with van der Waals surface area (Å²) in [6.07, 6.45) is 0. The minimum Gasteiger partial charge on any atom is -0.309 e. The van der Waals surface area contributed by atoms with Crippen molar-refractivity contribution in [2.75, 3.05) is 0 Å². The van der Waals surface area contributed by atoms with Gasteiger partial charge in [0.05, 0.1) is 33.1 Å². The number of nitrogens with zero attached hydrogens (tertiary/aromatic N) is 5. The number of fused-ring (bicyclic) bond motifs is 9. The van der Waals surface area contributed by atoms with Gasteiger partial charge in [-0.2, -0.15) is 0 Å². The number of rotatable bonds is 4. The van der Waals surface area contributed by atoms with Crippen LogP contribution >= 0.6 is 0 Å². The van der Waals surface area contributed by atoms with E-state index in [1.165, 1.54) is 43.4 Å². The molecule has 0 aliphatic rings. The summed E-state index contributed by atoms with van der Waals surface area (Å²) in [7, 11) is 0. The van der Waals surface area contributed by atoms with Gasteiger partial charge in [-0.05, 0) is 48.5 Å². The summed E-state index contributed by atoms with van der Waals surface area (Å²) >= 11 is 0. The molecular weight excluding hydrogens is 623 g/mol. The van der Waals surface area contributed by atoms with Crippen LogP contribution in [0.25, 0.3) is 94.1 Å². The van der Waals surface area contributed by atoms with Crippen LogP contribution in [0.2, 0.25) is 0 Å². The fourth-order valence-corrected chi connectivity index (χ4v) is 8.10. The lowest BCUT2D eigenvalue weighted by atomic mass is 10.1. The summed E-state index contributed by atoms with van der Waals surface area (Å²) in [5.74, 6) is 2.29. The molecule has 11 aromatic rings. The van der Waals surface area contributed by atoms with Crippen LogP contribution in [-0.4, -0.2) is 23.7 Å². The summed E-state index contributed by atoms with van der Waals surface area (Å²) in [6.45, 7) is 0. The molecule has 0 aliphatic carbocycles. The van der Waals surface area contributed by atoms with E-state index in [1.807, 2.05) is 0 Å². The molecule has 0 bridgehead atoms. The van der Waals surface area contributed by atoms with E-state index in [0.29, 0.717) is 5.82 Å². The monoisotopic (exact) mass is 651 g/mol. The van der Waals surface area contributed by atoms with Crippen LogP contribution in [0.1, 0.15) is 0 Å². The number of benzene rings is 7. The van der Waals surface area contributed by atoms with Crippen molar-refractivity contribution in [3.05, 3.63) is 176 Å². The van der Waals surface area contributed by atoms with Crippen molar-refractivity contribution in [2.24, 2.45) is 0 Å². The highest BCUT2D eigenvalue weighted by Crippen LogP contribution is 2.37. The minimum atomic E-state index is 0.661. The number of aromatic nitrogens is 5. The van der Waals surface area contributed by atoms with Gasteiger partial charge in [0.25, 0.3) is 0 Å². The first-order valence-electron chi connectivity index (χ1n) is 17.3. The summed E-state index contributed by atoms with van der Waals surface area (Å²) in [6, 6.07) is 62.3. The van der Waals surface area contributed by atoms with Gasteiger partial charge in [-0.3, -0.25) is 9.13 Å². The molecule has 5 nitrogen and oxygen atoms in total. The molecule has 0 spiro atoms. The molecule has 0 fully saturated rings. The molecule has 0 N–H and O–H groups in total. The first-order chi connectivity index (χ1) is 25.3. The second kappa shape index (κ2) is 10.8. The van der Waals surface area contributed by atoms with Gasteiger partial charge in [-0.1, -0.05) is 121 Å². The average Bonchev–Trinajstić information content (AvgIpc) is 3.84. The van der Waals surface area contributed by atoms with Crippen molar-refractivity contribution in [3.63, 3.8) is 0 Å². The minimum absolute atomic E-state index is 0.661. The molecule has 0 radical (unpaired) electrons. The zero-order valence-electron chi connectivity index (χ0n) is 27.5. The summed E-state index contributed by atoms with van der Waals surface area (Å²) in [5.41, 5.74) is 8.77. The van der Waals surface area contributed by atoms with Gasteiger partial charge in [0, 0.05) is 49.6 Å². The molecular formula is C46H29N5. The van der Waals surface area contributed by atoms with Crippen molar-refractivity contribution < 1.29 is 0 Å². The Hall–Kier alpha value is -6.98. The Morgan fingerprint density at radius 1 is 0.294 bits per heavy atom. The first-order valence-corrected chi connectivity index (χ1v) is 17.3. The van der Waals surface area contributed by atoms with E-state index in [2.05, 4.69) is 190 Å². The lowest BCUT2D eigenvalue weighted by molar-refractivity contribution is 0.993. The maximum atomic E-state index is 5.39. The molecule has 0 atom stereocenters. The Kier molecular flexibility index (Phi) is 5.89. The normalized spacial score (nSPS) is 11.9. The molecule has 11 rings (SSSR count). The van der Waals surface area contributed by atoms with Crippen LogP contribution in [0.15, 0.2) is 176 Å². The van der Waals surface area contributed by atoms with Crippen molar-refractivity contribution in [1.29, 1.82) is 0 Å². The van der Waals surface area contributed by atoms with Crippen molar-refractivity contribution in [3.8, 4) is 28.7 Å². The summed E-state index contributed by atoms with van der Waals surface area (Å²) in [5, 5.41) is 7.24. The van der Waals surface area contributed by atoms with Crippen molar-refractivity contribution in [2.45, 2.75) is 0 Å². The average molecular weight is 652 g/mol. The third-order valence-corrected chi connectivity index (χ3v) is 10.3. The highest BCUT2D eigenvalue weighted by Gasteiger charge is 2.20. The summed E-state index contributed by atoms with van der Waals surface area (Å²) in [4.78, 5) is 10.8. The third kappa shape index (κ3) is 4.09. The molecule has 238 valence electrons. The van der Waals surface area contributed by atoms with Gasteiger partial charge < -0.3 is 4.57 Å². The number of hydrogen-bond acceptors (Lipinski definition) is 2. The second-order valence-electron chi connectivity index (χ2n) is 13.1. The van der Waals surface area contributed by atoms with Gasteiger partial charge >= 0.3 is 0 Å². The number of hydrogen-bond donors (Lipinski definition) is 0. The van der Waals surface area contributed by atoms with E-state index in [-0.39, 0.29) is 0 Å². The van der Waals surface area contributed by atoms with E-state index >= 15 is 0 Å². The molecule has 4 aromatic heterocycles. The molecule has 51 heavy (non-hydrogen) atoms. The van der Waals surface area contributed by atoms with Crippen LogP contribution < -0.4 is 0 Å². The number of para-hydroxylation sites is 6. The predicted octanol–water partition coefficient (Wildman–Crippen LogP) is 11.4. The Labute approximate surface area is 292 Å². The fraction of sp³-hybridized carbons (Fsp3) is 0. The van der Waals surface area contributed by atoms with E-state index in [4.69, 9.17) is 9.97 Å². The Bertz CT molecular complexity index is 2870. The summed E-state index contributed by atoms with van der Waals surface area (Å²) < 4.78 is 6.91. The van der Waals surface area contributed by atoms with Gasteiger partial charge in [0.2, 0.25) is 0 Å². The topological polar surface area (TPSA) is 40.6 Å². The van der Waals surface area contributed by atoms with Crippen molar-refractivity contribution >= 4 is 65.4 Å². The van der Waals surface area contributed by atoms with Crippen LogP contribution in [-0.2, 0) is 0 Å². The quantitative estimate of drug-likeness (QED) is 0.190. The zero-order valence-corrected chi connectivity index (χ0v) is 27.5.